The maximum absolute atomic E-state index is 11.5. The van der Waals surface area contributed by atoms with Crippen LogP contribution in [0.3, 0.4) is 0 Å². The van der Waals surface area contributed by atoms with Crippen LogP contribution in [0.5, 0.6) is 0 Å². The predicted octanol–water partition coefficient (Wildman–Crippen LogP) is 5.56. The van der Waals surface area contributed by atoms with Gasteiger partial charge >= 0.3 is 5.97 Å². The van der Waals surface area contributed by atoms with Crippen LogP contribution in [0.2, 0.25) is 15.1 Å². The van der Waals surface area contributed by atoms with Gasteiger partial charge in [-0.2, -0.15) is 0 Å². The van der Waals surface area contributed by atoms with Crippen molar-refractivity contribution in [2.45, 2.75) is 0 Å². The molecular formula is C16H8Cl3NO2. The van der Waals surface area contributed by atoms with Crippen LogP contribution in [-0.2, 0) is 0 Å². The summed E-state index contributed by atoms with van der Waals surface area (Å²) in [4.78, 5) is 16.0. The highest BCUT2D eigenvalue weighted by molar-refractivity contribution is 6.35. The number of hydrogen-bond donors (Lipinski definition) is 1. The smallest absolute Gasteiger partial charge is 0.336 e. The largest absolute Gasteiger partial charge is 0.478 e. The first-order valence-corrected chi connectivity index (χ1v) is 7.38. The van der Waals surface area contributed by atoms with E-state index in [4.69, 9.17) is 34.8 Å². The summed E-state index contributed by atoms with van der Waals surface area (Å²) in [7, 11) is 0. The summed E-state index contributed by atoms with van der Waals surface area (Å²) in [6.07, 6.45) is 0. The van der Waals surface area contributed by atoms with Gasteiger partial charge in [0.15, 0.2) is 0 Å². The molecule has 0 aliphatic carbocycles. The summed E-state index contributed by atoms with van der Waals surface area (Å²) in [6, 6.07) is 11.3. The van der Waals surface area contributed by atoms with Gasteiger partial charge in [-0.15, -0.1) is 0 Å². The minimum absolute atomic E-state index is 0.110. The van der Waals surface area contributed by atoms with Crippen molar-refractivity contribution in [3.63, 3.8) is 0 Å². The quantitative estimate of drug-likeness (QED) is 0.657. The Balaban J connectivity index is 2.34. The van der Waals surface area contributed by atoms with Crippen LogP contribution in [0.4, 0.5) is 0 Å². The fourth-order valence-corrected chi connectivity index (χ4v) is 2.77. The van der Waals surface area contributed by atoms with E-state index in [-0.39, 0.29) is 5.56 Å². The SMILES string of the molecule is O=C(O)c1cc(-c2cc(Cl)ccc2Cl)nc2ccc(Cl)cc12. The molecule has 0 saturated heterocycles. The first-order valence-electron chi connectivity index (χ1n) is 6.25. The zero-order chi connectivity index (χ0) is 15.9. The summed E-state index contributed by atoms with van der Waals surface area (Å²) in [5.74, 6) is -1.06. The number of nitrogens with zero attached hydrogens (tertiary/aromatic N) is 1. The highest BCUT2D eigenvalue weighted by atomic mass is 35.5. The lowest BCUT2D eigenvalue weighted by Gasteiger charge is -2.09. The van der Waals surface area contributed by atoms with Crippen molar-refractivity contribution in [2.75, 3.05) is 0 Å². The molecule has 1 heterocycles. The minimum atomic E-state index is -1.06. The summed E-state index contributed by atoms with van der Waals surface area (Å²) < 4.78 is 0. The maximum Gasteiger partial charge on any atom is 0.336 e. The van der Waals surface area contributed by atoms with Crippen LogP contribution in [0.1, 0.15) is 10.4 Å². The molecule has 0 atom stereocenters. The lowest BCUT2D eigenvalue weighted by atomic mass is 10.0. The molecule has 6 heteroatoms. The Labute approximate surface area is 141 Å². The second-order valence-electron chi connectivity index (χ2n) is 4.65. The molecule has 0 unspecified atom stereocenters. The average molecular weight is 353 g/mol. The van der Waals surface area contributed by atoms with Crippen LogP contribution in [-0.4, -0.2) is 16.1 Å². The number of aromatic carboxylic acids is 1. The van der Waals surface area contributed by atoms with Gasteiger partial charge in [-0.1, -0.05) is 34.8 Å². The van der Waals surface area contributed by atoms with E-state index in [0.29, 0.717) is 37.2 Å². The van der Waals surface area contributed by atoms with Gasteiger partial charge in [-0.25, -0.2) is 9.78 Å². The van der Waals surface area contributed by atoms with Gasteiger partial charge in [0.25, 0.3) is 0 Å². The van der Waals surface area contributed by atoms with Gasteiger partial charge < -0.3 is 5.11 Å². The van der Waals surface area contributed by atoms with Crippen LogP contribution in [0.25, 0.3) is 22.2 Å². The van der Waals surface area contributed by atoms with E-state index in [1.165, 1.54) is 6.07 Å². The standard InChI is InChI=1S/C16H8Cl3NO2/c17-8-1-3-13(19)12(6-8)15-7-11(16(21)22)10-5-9(18)2-4-14(10)20-15/h1-7H,(H,21,22). The van der Waals surface area contributed by atoms with Crippen molar-refractivity contribution in [1.29, 1.82) is 0 Å². The van der Waals surface area contributed by atoms with Crippen LogP contribution in [0.15, 0.2) is 42.5 Å². The van der Waals surface area contributed by atoms with Crippen LogP contribution >= 0.6 is 34.8 Å². The van der Waals surface area contributed by atoms with Crippen molar-refractivity contribution >= 4 is 51.7 Å². The number of rotatable bonds is 2. The lowest BCUT2D eigenvalue weighted by molar-refractivity contribution is 0.0699. The Morgan fingerprint density at radius 2 is 1.64 bits per heavy atom. The van der Waals surface area contributed by atoms with Crippen molar-refractivity contribution in [1.82, 2.24) is 4.98 Å². The molecule has 0 saturated carbocycles. The third-order valence-corrected chi connectivity index (χ3v) is 4.01. The molecule has 22 heavy (non-hydrogen) atoms. The summed E-state index contributed by atoms with van der Waals surface area (Å²) in [5, 5.41) is 11.3. The highest BCUT2D eigenvalue weighted by Crippen LogP contribution is 2.32. The number of hydrogen-bond acceptors (Lipinski definition) is 2. The van der Waals surface area contributed by atoms with E-state index in [1.807, 2.05) is 0 Å². The molecule has 3 rings (SSSR count). The average Bonchev–Trinajstić information content (AvgIpc) is 2.48. The molecule has 0 amide bonds. The summed E-state index contributed by atoms with van der Waals surface area (Å²) in [5.41, 5.74) is 1.65. The van der Waals surface area contributed by atoms with Gasteiger partial charge in [0.2, 0.25) is 0 Å². The summed E-state index contributed by atoms with van der Waals surface area (Å²) >= 11 is 18.1. The van der Waals surface area contributed by atoms with E-state index in [0.717, 1.165) is 0 Å². The van der Waals surface area contributed by atoms with Crippen molar-refractivity contribution in [3.05, 3.63) is 63.1 Å². The second kappa shape index (κ2) is 5.76. The molecule has 2 aromatic carbocycles. The number of fused-ring (bicyclic) bond motifs is 1. The van der Waals surface area contributed by atoms with Crippen LogP contribution in [0, 0.1) is 0 Å². The number of benzene rings is 2. The Kier molecular flexibility index (Phi) is 3.96. The normalized spacial score (nSPS) is 10.9. The second-order valence-corrected chi connectivity index (χ2v) is 5.93. The third kappa shape index (κ3) is 2.75. The molecule has 1 aromatic heterocycles. The first-order chi connectivity index (χ1) is 10.5. The number of pyridine rings is 1. The highest BCUT2D eigenvalue weighted by Gasteiger charge is 2.15. The Morgan fingerprint density at radius 3 is 2.36 bits per heavy atom. The van der Waals surface area contributed by atoms with Gasteiger partial charge in [-0.05, 0) is 42.5 Å². The molecule has 0 fully saturated rings. The van der Waals surface area contributed by atoms with E-state index in [9.17, 15) is 9.90 Å². The minimum Gasteiger partial charge on any atom is -0.478 e. The van der Waals surface area contributed by atoms with Gasteiger partial charge in [-0.3, -0.25) is 0 Å². The number of carbonyl (C=O) groups is 1. The fourth-order valence-electron chi connectivity index (χ4n) is 2.21. The Bertz CT molecular complexity index is 909. The Morgan fingerprint density at radius 1 is 0.955 bits per heavy atom. The molecule has 0 aliphatic heterocycles. The van der Waals surface area contributed by atoms with E-state index < -0.39 is 5.97 Å². The van der Waals surface area contributed by atoms with Crippen molar-refractivity contribution in [3.8, 4) is 11.3 Å². The molecule has 3 aromatic rings. The van der Waals surface area contributed by atoms with Gasteiger partial charge in [0.05, 0.1) is 21.8 Å². The van der Waals surface area contributed by atoms with Crippen molar-refractivity contribution < 1.29 is 9.90 Å². The summed E-state index contributed by atoms with van der Waals surface area (Å²) in [6.45, 7) is 0. The Hall–Kier alpha value is -1.81. The van der Waals surface area contributed by atoms with Crippen molar-refractivity contribution in [2.24, 2.45) is 0 Å². The molecule has 1 N–H and O–H groups in total. The van der Waals surface area contributed by atoms with E-state index >= 15 is 0 Å². The fraction of sp³-hybridized carbons (Fsp3) is 0. The molecule has 0 bridgehead atoms. The number of carboxylic acid groups (broad SMARTS) is 1. The third-order valence-electron chi connectivity index (χ3n) is 3.21. The van der Waals surface area contributed by atoms with Gasteiger partial charge in [0.1, 0.15) is 0 Å². The maximum atomic E-state index is 11.5. The number of halogens is 3. The van der Waals surface area contributed by atoms with E-state index in [1.54, 1.807) is 36.4 Å². The molecule has 3 nitrogen and oxygen atoms in total. The predicted molar refractivity (Wildman–Crippen MR) is 89.2 cm³/mol. The zero-order valence-electron chi connectivity index (χ0n) is 11.0. The molecule has 0 aliphatic rings. The number of carboxylic acids is 1. The van der Waals surface area contributed by atoms with E-state index in [2.05, 4.69) is 4.98 Å². The lowest BCUT2D eigenvalue weighted by Crippen LogP contribution is -2.00. The van der Waals surface area contributed by atoms with Crippen LogP contribution < -0.4 is 0 Å². The zero-order valence-corrected chi connectivity index (χ0v) is 13.2. The topological polar surface area (TPSA) is 50.2 Å². The molecule has 110 valence electrons. The molecule has 0 radical (unpaired) electrons. The molecule has 0 spiro atoms. The molecular weight excluding hydrogens is 345 g/mol. The number of aromatic nitrogens is 1. The first kappa shape index (κ1) is 15.1. The monoisotopic (exact) mass is 351 g/mol. The van der Waals surface area contributed by atoms with Gasteiger partial charge in [0, 0.05) is 21.0 Å².